The topological polar surface area (TPSA) is 44.5 Å². The van der Waals surface area contributed by atoms with E-state index in [-0.39, 0.29) is 5.75 Å². The van der Waals surface area contributed by atoms with Crippen LogP contribution in [0.2, 0.25) is 5.02 Å². The van der Waals surface area contributed by atoms with Gasteiger partial charge in [0.2, 0.25) is 0 Å². The van der Waals surface area contributed by atoms with Crippen LogP contribution in [0.4, 0.5) is 13.2 Å². The molecule has 2 aromatic carbocycles. The number of halogens is 4. The van der Waals surface area contributed by atoms with Crippen molar-refractivity contribution in [3.63, 3.8) is 0 Å². The van der Waals surface area contributed by atoms with Gasteiger partial charge in [-0.3, -0.25) is 0 Å². The number of ether oxygens (including phenoxy) is 2. The molecular weight excluding hydrogens is 319 g/mol. The summed E-state index contributed by atoms with van der Waals surface area (Å²) in [6.45, 7) is 0. The van der Waals surface area contributed by atoms with Gasteiger partial charge in [-0.15, -0.1) is 13.2 Å². The molecule has 0 saturated heterocycles. The highest BCUT2D eigenvalue weighted by atomic mass is 35.5. The molecule has 0 aliphatic carbocycles. The average Bonchev–Trinajstić information content (AvgIpc) is 2.46. The van der Waals surface area contributed by atoms with Crippen molar-refractivity contribution < 1.29 is 22.6 Å². The molecule has 7 heteroatoms. The second-order valence-electron chi connectivity index (χ2n) is 4.49. The molecule has 0 aliphatic heterocycles. The lowest BCUT2D eigenvalue weighted by atomic mass is 9.99. The summed E-state index contributed by atoms with van der Waals surface area (Å²) in [6.07, 6.45) is -4.72. The van der Waals surface area contributed by atoms with Crippen LogP contribution in [0.1, 0.15) is 17.2 Å². The Labute approximate surface area is 130 Å². The molecule has 3 nitrogen and oxygen atoms in total. The highest BCUT2D eigenvalue weighted by Gasteiger charge is 2.31. The van der Waals surface area contributed by atoms with Gasteiger partial charge in [-0.05, 0) is 35.4 Å². The van der Waals surface area contributed by atoms with E-state index in [4.69, 9.17) is 22.1 Å². The lowest BCUT2D eigenvalue weighted by Crippen LogP contribution is -2.17. The summed E-state index contributed by atoms with van der Waals surface area (Å²) in [5.41, 5.74) is 7.47. The first-order valence-electron chi connectivity index (χ1n) is 6.25. The third kappa shape index (κ3) is 4.05. The Balaban J connectivity index is 2.21. The molecule has 0 aromatic heterocycles. The van der Waals surface area contributed by atoms with Crippen molar-refractivity contribution in [1.29, 1.82) is 0 Å². The van der Waals surface area contributed by atoms with Gasteiger partial charge in [0.25, 0.3) is 0 Å². The second kappa shape index (κ2) is 6.46. The molecule has 0 radical (unpaired) electrons. The molecule has 0 aliphatic rings. The molecule has 2 N–H and O–H groups in total. The molecule has 22 heavy (non-hydrogen) atoms. The first-order valence-corrected chi connectivity index (χ1v) is 6.62. The Kier molecular flexibility index (Phi) is 4.83. The van der Waals surface area contributed by atoms with Gasteiger partial charge in [0.1, 0.15) is 11.5 Å². The normalized spacial score (nSPS) is 12.8. The largest absolute Gasteiger partial charge is 0.573 e. The molecule has 2 aromatic rings. The van der Waals surface area contributed by atoms with Crippen LogP contribution in [0.15, 0.2) is 42.5 Å². The molecule has 1 atom stereocenters. The van der Waals surface area contributed by atoms with Crippen LogP contribution in [-0.4, -0.2) is 13.5 Å². The first-order chi connectivity index (χ1) is 10.3. The molecule has 0 amide bonds. The van der Waals surface area contributed by atoms with Crippen molar-refractivity contribution in [1.82, 2.24) is 0 Å². The molecule has 0 spiro atoms. The van der Waals surface area contributed by atoms with Crippen LogP contribution in [0.3, 0.4) is 0 Å². The van der Waals surface area contributed by atoms with Crippen molar-refractivity contribution in [2.75, 3.05) is 7.11 Å². The van der Waals surface area contributed by atoms with Crippen LogP contribution in [0, 0.1) is 0 Å². The van der Waals surface area contributed by atoms with Gasteiger partial charge in [0.05, 0.1) is 18.2 Å². The first kappa shape index (κ1) is 16.5. The molecular formula is C15H13ClF3NO2. The standard InChI is InChI=1S/C15H13ClF3NO2/c1-21-13-8-10(4-7-12(13)16)14(20)9-2-5-11(6-3-9)22-15(17,18)19/h2-8,14H,20H2,1H3/t14-/m1/s1. The van der Waals surface area contributed by atoms with Crippen LogP contribution >= 0.6 is 11.6 Å². The van der Waals surface area contributed by atoms with E-state index >= 15 is 0 Å². The van der Waals surface area contributed by atoms with Crippen LogP contribution in [0.5, 0.6) is 11.5 Å². The van der Waals surface area contributed by atoms with E-state index in [1.807, 2.05) is 0 Å². The maximum absolute atomic E-state index is 12.1. The molecule has 2 rings (SSSR count). The fourth-order valence-corrected chi connectivity index (χ4v) is 2.13. The highest BCUT2D eigenvalue weighted by Crippen LogP contribution is 2.30. The van der Waals surface area contributed by atoms with Crippen LogP contribution < -0.4 is 15.2 Å². The van der Waals surface area contributed by atoms with Crippen LogP contribution in [0.25, 0.3) is 0 Å². The fourth-order valence-electron chi connectivity index (χ4n) is 1.94. The number of hydrogen-bond donors (Lipinski definition) is 1. The number of alkyl halides is 3. The number of nitrogens with two attached hydrogens (primary N) is 1. The zero-order chi connectivity index (χ0) is 16.3. The number of methoxy groups -OCH3 is 1. The quantitative estimate of drug-likeness (QED) is 0.908. The van der Waals surface area contributed by atoms with Crippen molar-refractivity contribution in [3.05, 3.63) is 58.6 Å². The van der Waals surface area contributed by atoms with E-state index in [9.17, 15) is 13.2 Å². The van der Waals surface area contributed by atoms with E-state index < -0.39 is 12.4 Å². The van der Waals surface area contributed by atoms with Crippen molar-refractivity contribution in [3.8, 4) is 11.5 Å². The smallest absolute Gasteiger partial charge is 0.495 e. The summed E-state index contributed by atoms with van der Waals surface area (Å²) < 4.78 is 45.3. The maximum atomic E-state index is 12.1. The van der Waals surface area contributed by atoms with Crippen molar-refractivity contribution in [2.45, 2.75) is 12.4 Å². The van der Waals surface area contributed by atoms with Gasteiger partial charge < -0.3 is 15.2 Å². The highest BCUT2D eigenvalue weighted by molar-refractivity contribution is 6.32. The molecule has 0 bridgehead atoms. The Hall–Kier alpha value is -1.92. The minimum Gasteiger partial charge on any atom is -0.495 e. The number of rotatable bonds is 4. The fraction of sp³-hybridized carbons (Fsp3) is 0.200. The Morgan fingerprint density at radius 2 is 1.64 bits per heavy atom. The minimum atomic E-state index is -4.72. The summed E-state index contributed by atoms with van der Waals surface area (Å²) in [7, 11) is 1.49. The number of benzene rings is 2. The van der Waals surface area contributed by atoms with E-state index in [1.165, 1.54) is 31.4 Å². The third-order valence-corrected chi connectivity index (χ3v) is 3.32. The van der Waals surface area contributed by atoms with Crippen molar-refractivity contribution >= 4 is 11.6 Å². The predicted octanol–water partition coefficient (Wildman–Crippen LogP) is 4.30. The summed E-state index contributed by atoms with van der Waals surface area (Å²) >= 11 is 5.94. The summed E-state index contributed by atoms with van der Waals surface area (Å²) in [4.78, 5) is 0. The summed E-state index contributed by atoms with van der Waals surface area (Å²) in [5, 5.41) is 0.451. The maximum Gasteiger partial charge on any atom is 0.573 e. The summed E-state index contributed by atoms with van der Waals surface area (Å²) in [6, 6.07) is 9.94. The van der Waals surface area contributed by atoms with Gasteiger partial charge in [0, 0.05) is 0 Å². The van der Waals surface area contributed by atoms with Crippen LogP contribution in [-0.2, 0) is 0 Å². The molecule has 0 saturated carbocycles. The molecule has 118 valence electrons. The third-order valence-electron chi connectivity index (χ3n) is 3.01. The molecule has 0 unspecified atom stereocenters. The molecule has 0 fully saturated rings. The Morgan fingerprint density at radius 3 is 2.18 bits per heavy atom. The van der Waals surface area contributed by atoms with E-state index in [2.05, 4.69) is 4.74 Å². The zero-order valence-corrected chi connectivity index (χ0v) is 12.3. The van der Waals surface area contributed by atoms with Gasteiger partial charge in [-0.1, -0.05) is 29.8 Å². The Morgan fingerprint density at radius 1 is 1.05 bits per heavy atom. The lowest BCUT2D eigenvalue weighted by molar-refractivity contribution is -0.274. The van der Waals surface area contributed by atoms with E-state index in [1.54, 1.807) is 18.2 Å². The van der Waals surface area contributed by atoms with E-state index in [0.717, 1.165) is 5.56 Å². The van der Waals surface area contributed by atoms with Gasteiger partial charge in [-0.25, -0.2) is 0 Å². The minimum absolute atomic E-state index is 0.294. The van der Waals surface area contributed by atoms with Gasteiger partial charge >= 0.3 is 6.36 Å². The second-order valence-corrected chi connectivity index (χ2v) is 4.90. The van der Waals surface area contributed by atoms with Gasteiger partial charge in [-0.2, -0.15) is 0 Å². The summed E-state index contributed by atoms with van der Waals surface area (Å²) in [5.74, 6) is 0.184. The predicted molar refractivity (Wildman–Crippen MR) is 77.2 cm³/mol. The monoisotopic (exact) mass is 331 g/mol. The van der Waals surface area contributed by atoms with Gasteiger partial charge in [0.15, 0.2) is 0 Å². The Bertz CT molecular complexity index is 644. The SMILES string of the molecule is COc1cc([C@H](N)c2ccc(OC(F)(F)F)cc2)ccc1Cl. The van der Waals surface area contributed by atoms with Crippen molar-refractivity contribution in [2.24, 2.45) is 5.73 Å². The van der Waals surface area contributed by atoms with E-state index in [0.29, 0.717) is 16.3 Å². The number of hydrogen-bond acceptors (Lipinski definition) is 3. The average molecular weight is 332 g/mol. The molecule has 0 heterocycles. The lowest BCUT2D eigenvalue weighted by Gasteiger charge is -2.15. The zero-order valence-electron chi connectivity index (χ0n) is 11.5.